The molecule has 8 heteroatoms. The maximum Gasteiger partial charge on any atom is 0.269 e. The molecule has 0 aliphatic carbocycles. The van der Waals surface area contributed by atoms with Gasteiger partial charge in [-0.05, 0) is 28.9 Å². The molecule has 0 bridgehead atoms. The Hall–Kier alpha value is -2.74. The predicted molar refractivity (Wildman–Crippen MR) is 89.0 cm³/mol. The summed E-state index contributed by atoms with van der Waals surface area (Å²) in [5.74, 6) is -0.230. The fraction of sp³-hybridized carbons (Fsp3) is 0.0667. The highest BCUT2D eigenvalue weighted by atomic mass is 79.9. The molecule has 0 saturated carbocycles. The average molecular weight is 376 g/mol. The van der Waals surface area contributed by atoms with E-state index in [4.69, 9.17) is 0 Å². The molecule has 0 aliphatic rings. The Morgan fingerprint density at radius 2 is 1.91 bits per heavy atom. The summed E-state index contributed by atoms with van der Waals surface area (Å²) in [5, 5.41) is 24.4. The quantitative estimate of drug-likeness (QED) is 0.413. The van der Waals surface area contributed by atoms with Crippen LogP contribution in [0.2, 0.25) is 0 Å². The zero-order valence-electron chi connectivity index (χ0n) is 11.6. The first-order valence-electron chi connectivity index (χ1n) is 6.58. The van der Waals surface area contributed by atoms with Gasteiger partial charge in [0.15, 0.2) is 5.69 Å². The number of nitrogens with zero attached hydrogens (tertiary/aromatic N) is 3. The van der Waals surface area contributed by atoms with Crippen molar-refractivity contribution in [2.24, 2.45) is 5.18 Å². The van der Waals surface area contributed by atoms with Crippen molar-refractivity contribution in [3.05, 3.63) is 67.5 Å². The number of hydrogen-bond acceptors (Lipinski definition) is 5. The van der Waals surface area contributed by atoms with Crippen LogP contribution in [0, 0.1) is 15.0 Å². The van der Waals surface area contributed by atoms with E-state index in [0.717, 1.165) is 10.0 Å². The second-order valence-electron chi connectivity index (χ2n) is 4.93. The van der Waals surface area contributed by atoms with Gasteiger partial charge in [-0.3, -0.25) is 10.1 Å². The van der Waals surface area contributed by atoms with Crippen molar-refractivity contribution >= 4 is 38.2 Å². The zero-order valence-corrected chi connectivity index (χ0v) is 13.2. The molecular formula is C15H10BrN3O4. The Balaban J connectivity index is 2.07. The Bertz CT molecular complexity index is 919. The van der Waals surface area contributed by atoms with E-state index in [9.17, 15) is 20.1 Å². The fourth-order valence-corrected chi connectivity index (χ4v) is 2.81. The van der Waals surface area contributed by atoms with Gasteiger partial charge in [0.25, 0.3) is 5.69 Å². The maximum atomic E-state index is 11.0. The van der Waals surface area contributed by atoms with Crippen molar-refractivity contribution in [2.75, 3.05) is 0 Å². The highest BCUT2D eigenvalue weighted by Gasteiger charge is 2.18. The van der Waals surface area contributed by atoms with Crippen LogP contribution < -0.4 is 0 Å². The molecule has 0 radical (unpaired) electrons. The number of rotatable bonds is 4. The molecule has 116 valence electrons. The first kappa shape index (κ1) is 15.2. The van der Waals surface area contributed by atoms with E-state index < -0.39 is 4.92 Å². The van der Waals surface area contributed by atoms with Crippen LogP contribution in [0.15, 0.2) is 52.1 Å². The molecule has 1 aromatic heterocycles. The molecule has 3 aromatic rings. The number of non-ortho nitro benzene ring substituents is 1. The van der Waals surface area contributed by atoms with E-state index in [1.807, 2.05) is 0 Å². The maximum absolute atomic E-state index is 11.0. The van der Waals surface area contributed by atoms with Gasteiger partial charge in [0.05, 0.1) is 17.0 Å². The second kappa shape index (κ2) is 5.81. The van der Waals surface area contributed by atoms with Gasteiger partial charge in [-0.25, -0.2) is 0 Å². The molecule has 1 heterocycles. The summed E-state index contributed by atoms with van der Waals surface area (Å²) in [6.45, 7) is 0.261. The molecule has 3 rings (SSSR count). The van der Waals surface area contributed by atoms with Crippen molar-refractivity contribution in [3.63, 3.8) is 0 Å². The summed E-state index contributed by atoms with van der Waals surface area (Å²) in [5.41, 5.74) is 1.37. The summed E-state index contributed by atoms with van der Waals surface area (Å²) in [6, 6.07) is 11.3. The monoisotopic (exact) mass is 375 g/mol. The highest BCUT2D eigenvalue weighted by Crippen LogP contribution is 2.40. The summed E-state index contributed by atoms with van der Waals surface area (Å²) >= 11 is 3.32. The fourth-order valence-electron chi connectivity index (χ4n) is 2.45. The van der Waals surface area contributed by atoms with Gasteiger partial charge in [-0.15, -0.1) is 4.91 Å². The van der Waals surface area contributed by atoms with Crippen LogP contribution in [0.3, 0.4) is 0 Å². The Kier molecular flexibility index (Phi) is 3.83. The first-order valence-corrected chi connectivity index (χ1v) is 7.38. The van der Waals surface area contributed by atoms with Crippen molar-refractivity contribution in [2.45, 2.75) is 6.54 Å². The van der Waals surface area contributed by atoms with Crippen molar-refractivity contribution in [1.29, 1.82) is 0 Å². The summed E-state index contributed by atoms with van der Waals surface area (Å²) in [7, 11) is 0. The predicted octanol–water partition coefficient (Wildman–Crippen LogP) is 4.46. The van der Waals surface area contributed by atoms with E-state index in [1.165, 1.54) is 12.1 Å². The smallest absolute Gasteiger partial charge is 0.269 e. The van der Waals surface area contributed by atoms with Crippen LogP contribution in [0.5, 0.6) is 5.88 Å². The van der Waals surface area contributed by atoms with Gasteiger partial charge >= 0.3 is 0 Å². The van der Waals surface area contributed by atoms with Crippen molar-refractivity contribution < 1.29 is 10.0 Å². The Labute approximate surface area is 138 Å². The summed E-state index contributed by atoms with van der Waals surface area (Å²) in [4.78, 5) is 21.2. The molecule has 0 saturated heterocycles. The second-order valence-corrected chi connectivity index (χ2v) is 5.85. The molecule has 2 aromatic carbocycles. The third-order valence-electron chi connectivity index (χ3n) is 3.55. The topological polar surface area (TPSA) is 97.7 Å². The SMILES string of the molecule is O=Nc1c(O)n(Cc2ccc([N+](=O)[O-])cc2)c2ccc(Br)cc12. The third-order valence-corrected chi connectivity index (χ3v) is 4.04. The molecule has 0 atom stereocenters. The van der Waals surface area contributed by atoms with Crippen LogP contribution in [-0.4, -0.2) is 14.6 Å². The number of benzene rings is 2. The lowest BCUT2D eigenvalue weighted by atomic mass is 10.2. The minimum Gasteiger partial charge on any atom is -0.493 e. The molecule has 0 amide bonds. The molecule has 23 heavy (non-hydrogen) atoms. The Morgan fingerprint density at radius 3 is 2.52 bits per heavy atom. The number of hydrogen-bond donors (Lipinski definition) is 1. The number of aromatic nitrogens is 1. The van der Waals surface area contributed by atoms with Crippen LogP contribution in [0.1, 0.15) is 5.56 Å². The molecule has 0 aliphatic heterocycles. The van der Waals surface area contributed by atoms with Gasteiger partial charge < -0.3 is 9.67 Å². The number of nitroso groups, excluding NO2 is 1. The summed E-state index contributed by atoms with van der Waals surface area (Å²) < 4.78 is 2.31. The number of nitro groups is 1. The lowest BCUT2D eigenvalue weighted by Gasteiger charge is -2.07. The standard InChI is InChI=1S/C15H10BrN3O4/c16-10-3-6-13-12(7-10)14(17-21)15(20)18(13)8-9-1-4-11(5-2-9)19(22)23/h1-7,20H,8H2. The number of halogens is 1. The Morgan fingerprint density at radius 1 is 1.22 bits per heavy atom. The molecular weight excluding hydrogens is 366 g/mol. The largest absolute Gasteiger partial charge is 0.493 e. The first-order chi connectivity index (χ1) is 11.0. The lowest BCUT2D eigenvalue weighted by Crippen LogP contribution is -1.99. The highest BCUT2D eigenvalue weighted by molar-refractivity contribution is 9.10. The minimum atomic E-state index is -0.474. The normalized spacial score (nSPS) is 10.8. The van der Waals surface area contributed by atoms with Crippen molar-refractivity contribution in [3.8, 4) is 5.88 Å². The van der Waals surface area contributed by atoms with Gasteiger partial charge in [-0.2, -0.15) is 0 Å². The lowest BCUT2D eigenvalue weighted by molar-refractivity contribution is -0.384. The number of nitro benzene ring substituents is 1. The van der Waals surface area contributed by atoms with E-state index in [2.05, 4.69) is 21.1 Å². The molecule has 1 N–H and O–H groups in total. The van der Waals surface area contributed by atoms with Gasteiger partial charge in [0, 0.05) is 22.0 Å². The molecule has 0 spiro atoms. The minimum absolute atomic E-state index is 0.00508. The van der Waals surface area contributed by atoms with E-state index in [0.29, 0.717) is 10.9 Å². The van der Waals surface area contributed by atoms with Gasteiger partial charge in [0.1, 0.15) is 0 Å². The van der Waals surface area contributed by atoms with Crippen LogP contribution in [0.4, 0.5) is 11.4 Å². The van der Waals surface area contributed by atoms with E-state index in [-0.39, 0.29) is 23.8 Å². The zero-order chi connectivity index (χ0) is 16.6. The van der Waals surface area contributed by atoms with Crippen LogP contribution in [0.25, 0.3) is 10.9 Å². The molecule has 0 fully saturated rings. The summed E-state index contributed by atoms with van der Waals surface area (Å²) in [6.07, 6.45) is 0. The molecule has 0 unspecified atom stereocenters. The molecule has 7 nitrogen and oxygen atoms in total. The number of aromatic hydroxyl groups is 1. The van der Waals surface area contributed by atoms with E-state index in [1.54, 1.807) is 34.9 Å². The third kappa shape index (κ3) is 2.68. The van der Waals surface area contributed by atoms with Gasteiger partial charge in [-0.1, -0.05) is 28.1 Å². The van der Waals surface area contributed by atoms with Crippen LogP contribution in [-0.2, 0) is 6.54 Å². The van der Waals surface area contributed by atoms with Crippen molar-refractivity contribution in [1.82, 2.24) is 4.57 Å². The average Bonchev–Trinajstić information content (AvgIpc) is 2.79. The van der Waals surface area contributed by atoms with Crippen LogP contribution >= 0.6 is 15.9 Å². The van der Waals surface area contributed by atoms with E-state index >= 15 is 0 Å². The van der Waals surface area contributed by atoms with Gasteiger partial charge in [0.2, 0.25) is 5.88 Å². The number of fused-ring (bicyclic) bond motifs is 1.